The summed E-state index contributed by atoms with van der Waals surface area (Å²) in [6.45, 7) is 0. The van der Waals surface area contributed by atoms with Gasteiger partial charge in [0.05, 0.1) is 11.1 Å². The standard InChI is InChI=1S/C21F26/c22-4-1(2-5(23)9(27)12(30)10(28)6(2)24)3(7(25)11(29)8(4)26)15(18(36,37)38,19(39,40)41)13(14(31)17(33,34)35)16(32,20(42,43)44)21(45,46)47. The first-order valence-electron chi connectivity index (χ1n) is 10.4. The molecule has 0 atom stereocenters. The molecule has 0 unspecified atom stereocenters. The fourth-order valence-electron chi connectivity index (χ4n) is 4.06. The Hall–Kier alpha value is -3.64. The summed E-state index contributed by atoms with van der Waals surface area (Å²) in [4.78, 5) is 0. The third kappa shape index (κ3) is 5.47. The van der Waals surface area contributed by atoms with Crippen LogP contribution in [-0.2, 0) is 5.41 Å². The van der Waals surface area contributed by atoms with Gasteiger partial charge in [-0.05, 0) is 0 Å². The maximum absolute atomic E-state index is 15.0. The molecule has 0 spiro atoms. The Labute approximate surface area is 237 Å². The molecule has 0 aromatic heterocycles. The summed E-state index contributed by atoms with van der Waals surface area (Å²) in [7, 11) is 0. The number of hydrogen-bond donors (Lipinski definition) is 0. The van der Waals surface area contributed by atoms with Crippen LogP contribution in [0.3, 0.4) is 0 Å². The van der Waals surface area contributed by atoms with Crippen molar-refractivity contribution in [2.24, 2.45) is 0 Å². The molecule has 0 aliphatic carbocycles. The lowest BCUT2D eigenvalue weighted by Gasteiger charge is -2.46. The Morgan fingerprint density at radius 1 is 0.340 bits per heavy atom. The van der Waals surface area contributed by atoms with Crippen LogP contribution in [0, 0.1) is 52.4 Å². The number of halogens is 26. The lowest BCUT2D eigenvalue weighted by molar-refractivity contribution is -0.349. The van der Waals surface area contributed by atoms with Crippen molar-refractivity contribution in [3.05, 3.63) is 69.3 Å². The summed E-state index contributed by atoms with van der Waals surface area (Å²) >= 11 is 0. The van der Waals surface area contributed by atoms with Crippen LogP contribution in [0.2, 0.25) is 0 Å². The molecule has 2 aromatic carbocycles. The SMILES string of the molecule is FC(=C(C(F)(C(F)(F)F)C(F)(F)F)C(c1c(F)c(F)c(F)c(F)c1-c1c(F)c(F)c(F)c(F)c1F)(C(F)(F)F)C(F)(F)F)C(F)(F)F. The van der Waals surface area contributed by atoms with E-state index < -0.39 is 122 Å². The average molecular weight is 746 g/mol. The molecule has 0 nitrogen and oxygen atoms in total. The van der Waals surface area contributed by atoms with Gasteiger partial charge >= 0.3 is 36.6 Å². The summed E-state index contributed by atoms with van der Waals surface area (Å²) in [5, 5.41) is 0. The number of rotatable bonds is 4. The molecule has 0 radical (unpaired) electrons. The molecule has 0 aliphatic rings. The van der Waals surface area contributed by atoms with Crippen molar-refractivity contribution in [1.82, 2.24) is 0 Å². The van der Waals surface area contributed by atoms with Crippen LogP contribution in [0.4, 0.5) is 114 Å². The van der Waals surface area contributed by atoms with Crippen molar-refractivity contribution in [3.8, 4) is 11.1 Å². The topological polar surface area (TPSA) is 0 Å². The summed E-state index contributed by atoms with van der Waals surface area (Å²) < 4.78 is 365. The Balaban J connectivity index is 3.89. The molecule has 26 heteroatoms. The Bertz CT molecular complexity index is 1550. The van der Waals surface area contributed by atoms with Gasteiger partial charge in [0.2, 0.25) is 17.1 Å². The molecule has 0 aliphatic heterocycles. The van der Waals surface area contributed by atoms with Crippen LogP contribution >= 0.6 is 0 Å². The molecule has 0 saturated carbocycles. The first-order valence-corrected chi connectivity index (χ1v) is 10.4. The number of benzene rings is 2. The van der Waals surface area contributed by atoms with E-state index in [4.69, 9.17) is 0 Å². The van der Waals surface area contributed by atoms with Gasteiger partial charge in [-0.3, -0.25) is 0 Å². The highest BCUT2D eigenvalue weighted by molar-refractivity contribution is 5.74. The summed E-state index contributed by atoms with van der Waals surface area (Å²) in [6, 6.07) is 0. The zero-order valence-corrected chi connectivity index (χ0v) is 20.3. The molecule has 0 amide bonds. The molecule has 0 fully saturated rings. The molecule has 0 heterocycles. The van der Waals surface area contributed by atoms with Crippen LogP contribution in [0.25, 0.3) is 11.1 Å². The third-order valence-electron chi connectivity index (χ3n) is 5.92. The van der Waals surface area contributed by atoms with Gasteiger partial charge in [-0.15, -0.1) is 0 Å². The van der Waals surface area contributed by atoms with E-state index in [1.165, 1.54) is 0 Å². The van der Waals surface area contributed by atoms with E-state index >= 15 is 4.39 Å². The highest BCUT2D eigenvalue weighted by Crippen LogP contribution is 2.68. The van der Waals surface area contributed by atoms with Crippen LogP contribution in [0.1, 0.15) is 5.56 Å². The van der Waals surface area contributed by atoms with Crippen molar-refractivity contribution < 1.29 is 114 Å². The number of alkyl halides is 16. The zero-order chi connectivity index (χ0) is 37.6. The predicted octanol–water partition coefficient (Wildman–Crippen LogP) is 10.6. The van der Waals surface area contributed by atoms with Gasteiger partial charge in [0.25, 0.3) is 0 Å². The Morgan fingerprint density at radius 2 is 0.617 bits per heavy atom. The third-order valence-corrected chi connectivity index (χ3v) is 5.92. The van der Waals surface area contributed by atoms with E-state index in [0.717, 1.165) is 0 Å². The normalized spacial score (nSPS) is 14.9. The molecule has 2 aromatic rings. The van der Waals surface area contributed by atoms with Crippen molar-refractivity contribution in [1.29, 1.82) is 0 Å². The highest BCUT2D eigenvalue weighted by Gasteiger charge is 2.87. The van der Waals surface area contributed by atoms with Gasteiger partial charge in [0.15, 0.2) is 46.5 Å². The monoisotopic (exact) mass is 746 g/mol. The Morgan fingerprint density at radius 3 is 0.894 bits per heavy atom. The summed E-state index contributed by atoms with van der Waals surface area (Å²) in [5.41, 5.74) is -38.2. The average Bonchev–Trinajstić information content (AvgIpc) is 2.87. The second-order valence-electron chi connectivity index (χ2n) is 8.54. The van der Waals surface area contributed by atoms with Crippen molar-refractivity contribution in [2.45, 2.75) is 42.0 Å². The van der Waals surface area contributed by atoms with Crippen LogP contribution < -0.4 is 0 Å². The lowest BCUT2D eigenvalue weighted by atomic mass is 9.64. The van der Waals surface area contributed by atoms with Gasteiger partial charge in [-0.25, -0.2) is 48.3 Å². The first-order chi connectivity index (χ1) is 20.6. The van der Waals surface area contributed by atoms with Gasteiger partial charge < -0.3 is 0 Å². The molecule has 0 bridgehead atoms. The smallest absolute Gasteiger partial charge is 0.218 e. The molecule has 266 valence electrons. The molecule has 0 saturated heterocycles. The van der Waals surface area contributed by atoms with Crippen LogP contribution in [0.5, 0.6) is 0 Å². The van der Waals surface area contributed by atoms with Gasteiger partial charge in [-0.2, -0.15) is 65.9 Å². The fourth-order valence-corrected chi connectivity index (χ4v) is 4.06. The Kier molecular flexibility index (Phi) is 9.44. The second kappa shape index (κ2) is 11.2. The van der Waals surface area contributed by atoms with E-state index in [1.807, 2.05) is 0 Å². The molecular formula is C21F26. The van der Waals surface area contributed by atoms with E-state index in [-0.39, 0.29) is 0 Å². The zero-order valence-electron chi connectivity index (χ0n) is 20.3. The van der Waals surface area contributed by atoms with Crippen molar-refractivity contribution in [2.75, 3.05) is 0 Å². The van der Waals surface area contributed by atoms with Crippen LogP contribution in [0.15, 0.2) is 11.4 Å². The predicted molar refractivity (Wildman–Crippen MR) is 95.4 cm³/mol. The van der Waals surface area contributed by atoms with Crippen LogP contribution in [-0.4, -0.2) is 36.6 Å². The number of allylic oxidation sites excluding steroid dienone is 2. The lowest BCUT2D eigenvalue weighted by Crippen LogP contribution is -2.67. The first kappa shape index (κ1) is 39.5. The largest absolute Gasteiger partial charge is 0.443 e. The van der Waals surface area contributed by atoms with Gasteiger partial charge in [0, 0.05) is 11.1 Å². The minimum atomic E-state index is -9.09. The quantitative estimate of drug-likeness (QED) is 0.166. The minimum absolute atomic E-state index is 3.55. The van der Waals surface area contributed by atoms with E-state index in [9.17, 15) is 110 Å². The van der Waals surface area contributed by atoms with Crippen molar-refractivity contribution >= 4 is 0 Å². The van der Waals surface area contributed by atoms with E-state index in [1.54, 1.807) is 0 Å². The maximum atomic E-state index is 15.0. The molecule has 2 rings (SSSR count). The number of hydrogen-bond acceptors (Lipinski definition) is 0. The van der Waals surface area contributed by atoms with Crippen molar-refractivity contribution in [3.63, 3.8) is 0 Å². The molecular weight excluding hydrogens is 746 g/mol. The fraction of sp³-hybridized carbons (Fsp3) is 0.333. The van der Waals surface area contributed by atoms with E-state index in [2.05, 4.69) is 0 Å². The highest BCUT2D eigenvalue weighted by atomic mass is 19.4. The molecule has 47 heavy (non-hydrogen) atoms. The molecule has 0 N–H and O–H groups in total. The van der Waals surface area contributed by atoms with Gasteiger partial charge in [0.1, 0.15) is 0 Å². The van der Waals surface area contributed by atoms with Gasteiger partial charge in [-0.1, -0.05) is 0 Å². The second-order valence-corrected chi connectivity index (χ2v) is 8.54. The summed E-state index contributed by atoms with van der Waals surface area (Å²) in [6.07, 6.45) is -43.5. The minimum Gasteiger partial charge on any atom is -0.218 e. The summed E-state index contributed by atoms with van der Waals surface area (Å²) in [5.74, 6) is -42.9. The van der Waals surface area contributed by atoms with E-state index in [0.29, 0.717) is 0 Å². The maximum Gasteiger partial charge on any atom is 0.443 e.